The van der Waals surface area contributed by atoms with Crippen LogP contribution in [0.2, 0.25) is 0 Å². The molecule has 1 aromatic heterocycles. The first kappa shape index (κ1) is 13.7. The van der Waals surface area contributed by atoms with E-state index in [2.05, 4.69) is 15.4 Å². The van der Waals surface area contributed by atoms with Crippen molar-refractivity contribution in [2.45, 2.75) is 29.8 Å². The number of oxime groups is 1. The van der Waals surface area contributed by atoms with Crippen LogP contribution in [0, 0.1) is 0 Å². The van der Waals surface area contributed by atoms with Crippen LogP contribution in [0.15, 0.2) is 39.4 Å². The Morgan fingerprint density at radius 3 is 2.81 bits per heavy atom. The highest BCUT2D eigenvalue weighted by molar-refractivity contribution is 7.98. The minimum absolute atomic E-state index is 0.0871. The number of benzene rings is 1. The van der Waals surface area contributed by atoms with E-state index in [1.54, 1.807) is 16.7 Å². The molecule has 1 heterocycles. The predicted octanol–water partition coefficient (Wildman–Crippen LogP) is 1.29. The van der Waals surface area contributed by atoms with E-state index in [0.717, 1.165) is 23.6 Å². The lowest BCUT2D eigenvalue weighted by Gasteiger charge is -2.04. The lowest BCUT2D eigenvalue weighted by molar-refractivity contribution is 0.318. The SMILES string of the molecule is NC(=NO)c1ccc(CSc2n[nH]c(=O)n2C2CC2)cc1. The maximum absolute atomic E-state index is 11.7. The third-order valence-corrected chi connectivity index (χ3v) is 4.33. The van der Waals surface area contributed by atoms with Crippen molar-refractivity contribution in [3.63, 3.8) is 0 Å². The molecule has 4 N–H and O–H groups in total. The van der Waals surface area contributed by atoms with Gasteiger partial charge in [-0.25, -0.2) is 9.89 Å². The molecule has 1 aliphatic carbocycles. The molecule has 0 aliphatic heterocycles. The normalized spacial score (nSPS) is 15.3. The molecule has 0 spiro atoms. The van der Waals surface area contributed by atoms with Gasteiger partial charge < -0.3 is 10.9 Å². The Kier molecular flexibility index (Phi) is 3.70. The molecule has 0 saturated heterocycles. The van der Waals surface area contributed by atoms with Crippen molar-refractivity contribution in [1.82, 2.24) is 14.8 Å². The number of H-pyrrole nitrogens is 1. The summed E-state index contributed by atoms with van der Waals surface area (Å²) in [6.45, 7) is 0. The Morgan fingerprint density at radius 1 is 1.48 bits per heavy atom. The number of aromatic nitrogens is 3. The lowest BCUT2D eigenvalue weighted by atomic mass is 10.1. The van der Waals surface area contributed by atoms with Gasteiger partial charge in [0, 0.05) is 17.4 Å². The quantitative estimate of drug-likeness (QED) is 0.253. The Morgan fingerprint density at radius 2 is 2.19 bits per heavy atom. The van der Waals surface area contributed by atoms with Gasteiger partial charge in [0.05, 0.1) is 0 Å². The number of nitrogens with two attached hydrogens (primary N) is 1. The molecule has 0 bridgehead atoms. The number of hydrogen-bond donors (Lipinski definition) is 3. The van der Waals surface area contributed by atoms with E-state index in [9.17, 15) is 4.79 Å². The maximum atomic E-state index is 11.7. The van der Waals surface area contributed by atoms with Crippen LogP contribution in [-0.4, -0.2) is 25.8 Å². The second kappa shape index (κ2) is 5.65. The standard InChI is InChI=1S/C13H15N5O2S/c14-11(17-20)9-3-1-8(2-4-9)7-21-13-16-15-12(19)18(13)10-5-6-10/h1-4,10,20H,5-7H2,(H2,14,17)(H,15,19). The summed E-state index contributed by atoms with van der Waals surface area (Å²) in [6.07, 6.45) is 2.09. The molecule has 0 amide bonds. The van der Waals surface area contributed by atoms with Gasteiger partial charge in [0.1, 0.15) is 0 Å². The average molecular weight is 305 g/mol. The third kappa shape index (κ3) is 2.94. The van der Waals surface area contributed by atoms with Crippen molar-refractivity contribution >= 4 is 17.6 Å². The van der Waals surface area contributed by atoms with Crippen LogP contribution in [0.25, 0.3) is 0 Å². The first-order valence-corrected chi connectivity index (χ1v) is 7.54. The van der Waals surface area contributed by atoms with E-state index in [1.807, 2.05) is 12.1 Å². The van der Waals surface area contributed by atoms with E-state index >= 15 is 0 Å². The van der Waals surface area contributed by atoms with Crippen LogP contribution < -0.4 is 11.4 Å². The van der Waals surface area contributed by atoms with Gasteiger partial charge in [0.2, 0.25) is 0 Å². The second-order valence-electron chi connectivity index (χ2n) is 4.88. The Balaban J connectivity index is 1.69. The summed E-state index contributed by atoms with van der Waals surface area (Å²) in [6, 6.07) is 7.72. The number of nitrogens with one attached hydrogen (secondary N) is 1. The maximum Gasteiger partial charge on any atom is 0.344 e. The molecule has 0 atom stereocenters. The molecule has 1 fully saturated rings. The summed E-state index contributed by atoms with van der Waals surface area (Å²) >= 11 is 1.52. The van der Waals surface area contributed by atoms with Crippen molar-refractivity contribution in [2.75, 3.05) is 0 Å². The van der Waals surface area contributed by atoms with Gasteiger partial charge in [0.25, 0.3) is 0 Å². The molecule has 7 nitrogen and oxygen atoms in total. The van der Waals surface area contributed by atoms with Gasteiger partial charge in [-0.1, -0.05) is 41.2 Å². The molecule has 2 aromatic rings. The topological polar surface area (TPSA) is 109 Å². The van der Waals surface area contributed by atoms with E-state index in [-0.39, 0.29) is 11.5 Å². The van der Waals surface area contributed by atoms with Gasteiger partial charge in [-0.05, 0) is 18.4 Å². The Bertz CT molecular complexity index is 715. The summed E-state index contributed by atoms with van der Waals surface area (Å²) in [4.78, 5) is 11.7. The predicted molar refractivity (Wildman–Crippen MR) is 79.6 cm³/mol. The fourth-order valence-electron chi connectivity index (χ4n) is 2.02. The highest BCUT2D eigenvalue weighted by Crippen LogP contribution is 2.36. The van der Waals surface area contributed by atoms with E-state index in [4.69, 9.17) is 10.9 Å². The van der Waals surface area contributed by atoms with Crippen molar-refractivity contribution in [2.24, 2.45) is 10.9 Å². The molecule has 1 aromatic carbocycles. The highest BCUT2D eigenvalue weighted by Gasteiger charge is 2.28. The van der Waals surface area contributed by atoms with Crippen LogP contribution in [0.1, 0.15) is 30.0 Å². The fraction of sp³-hybridized carbons (Fsp3) is 0.308. The van der Waals surface area contributed by atoms with Crippen molar-refractivity contribution in [3.05, 3.63) is 45.9 Å². The van der Waals surface area contributed by atoms with Crippen molar-refractivity contribution in [1.29, 1.82) is 0 Å². The van der Waals surface area contributed by atoms with E-state index < -0.39 is 0 Å². The second-order valence-corrected chi connectivity index (χ2v) is 5.83. The smallest absolute Gasteiger partial charge is 0.344 e. The molecule has 8 heteroatoms. The minimum atomic E-state index is -0.137. The van der Waals surface area contributed by atoms with Gasteiger partial charge in [-0.15, -0.1) is 5.10 Å². The molecule has 0 radical (unpaired) electrons. The molecular formula is C13H15N5O2S. The minimum Gasteiger partial charge on any atom is -0.409 e. The molecule has 0 unspecified atom stereocenters. The Labute approximate surface area is 124 Å². The summed E-state index contributed by atoms with van der Waals surface area (Å²) in [5.41, 5.74) is 7.12. The van der Waals surface area contributed by atoms with Crippen LogP contribution in [0.3, 0.4) is 0 Å². The van der Waals surface area contributed by atoms with Crippen molar-refractivity contribution < 1.29 is 5.21 Å². The monoisotopic (exact) mass is 305 g/mol. The number of aromatic amines is 1. The zero-order chi connectivity index (χ0) is 14.8. The van der Waals surface area contributed by atoms with Gasteiger partial charge in [-0.2, -0.15) is 0 Å². The zero-order valence-electron chi connectivity index (χ0n) is 11.2. The van der Waals surface area contributed by atoms with Crippen LogP contribution in [-0.2, 0) is 5.75 Å². The van der Waals surface area contributed by atoms with Gasteiger partial charge in [-0.3, -0.25) is 4.57 Å². The number of rotatable bonds is 5. The Hall–Kier alpha value is -2.22. The largest absolute Gasteiger partial charge is 0.409 e. The van der Waals surface area contributed by atoms with Crippen LogP contribution >= 0.6 is 11.8 Å². The summed E-state index contributed by atoms with van der Waals surface area (Å²) in [5, 5.41) is 18.9. The molecule has 110 valence electrons. The molecule has 1 aliphatic rings. The first-order valence-electron chi connectivity index (χ1n) is 6.55. The number of nitrogens with zero attached hydrogens (tertiary/aromatic N) is 3. The van der Waals surface area contributed by atoms with Gasteiger partial charge in [0.15, 0.2) is 11.0 Å². The van der Waals surface area contributed by atoms with Gasteiger partial charge >= 0.3 is 5.69 Å². The number of thioether (sulfide) groups is 1. The zero-order valence-corrected chi connectivity index (χ0v) is 12.0. The summed E-state index contributed by atoms with van der Waals surface area (Å²) in [7, 11) is 0. The molecule has 3 rings (SSSR count). The highest BCUT2D eigenvalue weighted by atomic mass is 32.2. The number of amidine groups is 1. The van der Waals surface area contributed by atoms with E-state index in [1.165, 1.54) is 11.8 Å². The number of hydrogen-bond acceptors (Lipinski definition) is 5. The third-order valence-electron chi connectivity index (χ3n) is 3.31. The molecular weight excluding hydrogens is 290 g/mol. The molecule has 21 heavy (non-hydrogen) atoms. The van der Waals surface area contributed by atoms with Crippen LogP contribution in [0.5, 0.6) is 0 Å². The summed E-state index contributed by atoms with van der Waals surface area (Å²) < 4.78 is 1.73. The fourth-order valence-corrected chi connectivity index (χ4v) is 2.99. The average Bonchev–Trinajstić information content (AvgIpc) is 3.28. The molecule has 1 saturated carbocycles. The van der Waals surface area contributed by atoms with E-state index in [0.29, 0.717) is 17.4 Å². The summed E-state index contributed by atoms with van der Waals surface area (Å²) in [5.74, 6) is 0.789. The van der Waals surface area contributed by atoms with Crippen molar-refractivity contribution in [3.8, 4) is 0 Å². The lowest BCUT2D eigenvalue weighted by Crippen LogP contribution is -2.16. The first-order chi connectivity index (χ1) is 10.2. The van der Waals surface area contributed by atoms with Crippen LogP contribution in [0.4, 0.5) is 0 Å².